The maximum Gasteiger partial charge on any atom is 0.405 e. The number of nitrogens with zero attached hydrogens (tertiary/aromatic N) is 2. The molecule has 0 aliphatic rings. The Balaban J connectivity index is 3.14. The van der Waals surface area contributed by atoms with Crippen LogP contribution in [0.2, 0.25) is 0 Å². The number of aliphatic hydroxyl groups is 1. The van der Waals surface area contributed by atoms with E-state index < -0.39 is 12.7 Å². The molecule has 0 saturated carbocycles. The van der Waals surface area contributed by atoms with Gasteiger partial charge in [0.2, 0.25) is 0 Å². The van der Waals surface area contributed by atoms with Crippen molar-refractivity contribution in [2.24, 2.45) is 0 Å². The molecule has 1 aromatic rings. The summed E-state index contributed by atoms with van der Waals surface area (Å²) in [5, 5.41) is 9.17. The zero-order chi connectivity index (χ0) is 14.6. The van der Waals surface area contributed by atoms with E-state index in [4.69, 9.17) is 5.11 Å². The molecule has 0 saturated heterocycles. The van der Waals surface area contributed by atoms with E-state index in [1.807, 2.05) is 6.92 Å². The monoisotopic (exact) mass is 276 g/mol. The van der Waals surface area contributed by atoms with Crippen molar-refractivity contribution in [3.63, 3.8) is 0 Å². The summed E-state index contributed by atoms with van der Waals surface area (Å²) in [6, 6.07) is 2.88. The summed E-state index contributed by atoms with van der Waals surface area (Å²) in [5.74, 6) is 0.260. The summed E-state index contributed by atoms with van der Waals surface area (Å²) in [6.07, 6.45) is -3.67. The highest BCUT2D eigenvalue weighted by Gasteiger charge is 2.32. The molecule has 6 heteroatoms. The molecule has 0 fully saturated rings. The Morgan fingerprint density at radius 1 is 1.32 bits per heavy atom. The molecule has 0 bridgehead atoms. The predicted octanol–water partition coefficient (Wildman–Crippen LogP) is 2.91. The van der Waals surface area contributed by atoms with Crippen LogP contribution >= 0.6 is 0 Å². The van der Waals surface area contributed by atoms with Crippen LogP contribution in [0.15, 0.2) is 12.1 Å². The normalized spacial score (nSPS) is 12.0. The number of aryl methyl sites for hydroxylation is 1. The van der Waals surface area contributed by atoms with Gasteiger partial charge in [0, 0.05) is 11.7 Å². The van der Waals surface area contributed by atoms with Crippen molar-refractivity contribution in [2.75, 3.05) is 11.4 Å². The SMILES string of the molecule is CCc1cc(CO)cc(N(CC(F)(F)F)C(C)C)n1. The number of pyridine rings is 1. The number of hydrogen-bond acceptors (Lipinski definition) is 3. The fourth-order valence-electron chi connectivity index (χ4n) is 1.77. The molecule has 0 amide bonds. The van der Waals surface area contributed by atoms with Crippen LogP contribution in [0.3, 0.4) is 0 Å². The van der Waals surface area contributed by atoms with Gasteiger partial charge >= 0.3 is 6.18 Å². The molecular weight excluding hydrogens is 257 g/mol. The molecule has 0 atom stereocenters. The van der Waals surface area contributed by atoms with Gasteiger partial charge < -0.3 is 10.0 Å². The summed E-state index contributed by atoms with van der Waals surface area (Å²) in [4.78, 5) is 5.41. The summed E-state index contributed by atoms with van der Waals surface area (Å²) in [5.41, 5.74) is 1.25. The molecular formula is C13H19F3N2O. The number of rotatable bonds is 5. The lowest BCUT2D eigenvalue weighted by atomic mass is 10.2. The minimum Gasteiger partial charge on any atom is -0.392 e. The highest BCUT2D eigenvalue weighted by molar-refractivity contribution is 5.43. The Bertz CT molecular complexity index is 397. The molecule has 19 heavy (non-hydrogen) atoms. The van der Waals surface area contributed by atoms with E-state index in [2.05, 4.69) is 4.98 Å². The number of aromatic nitrogens is 1. The van der Waals surface area contributed by atoms with Gasteiger partial charge in [-0.2, -0.15) is 13.2 Å². The Morgan fingerprint density at radius 3 is 2.37 bits per heavy atom. The average molecular weight is 276 g/mol. The summed E-state index contributed by atoms with van der Waals surface area (Å²) in [6.45, 7) is 3.99. The van der Waals surface area contributed by atoms with Gasteiger partial charge in [-0.25, -0.2) is 4.98 Å². The number of hydrogen-bond donors (Lipinski definition) is 1. The average Bonchev–Trinajstić information content (AvgIpc) is 2.33. The van der Waals surface area contributed by atoms with Crippen LogP contribution in [0.5, 0.6) is 0 Å². The molecule has 0 radical (unpaired) electrons. The minimum absolute atomic E-state index is 0.208. The molecule has 0 aliphatic carbocycles. The molecule has 1 aromatic heterocycles. The topological polar surface area (TPSA) is 36.4 Å². The number of alkyl halides is 3. The first-order chi connectivity index (χ1) is 8.76. The van der Waals surface area contributed by atoms with Gasteiger partial charge in [0.25, 0.3) is 0 Å². The van der Waals surface area contributed by atoms with Gasteiger partial charge in [-0.15, -0.1) is 0 Å². The molecule has 0 aromatic carbocycles. The van der Waals surface area contributed by atoms with E-state index >= 15 is 0 Å². The molecule has 1 N–H and O–H groups in total. The summed E-state index contributed by atoms with van der Waals surface area (Å²) >= 11 is 0. The van der Waals surface area contributed by atoms with Crippen molar-refractivity contribution in [1.82, 2.24) is 4.98 Å². The van der Waals surface area contributed by atoms with Gasteiger partial charge in [0.05, 0.1) is 6.61 Å². The van der Waals surface area contributed by atoms with Crippen molar-refractivity contribution in [3.8, 4) is 0 Å². The van der Waals surface area contributed by atoms with Gasteiger partial charge in [-0.05, 0) is 38.0 Å². The van der Waals surface area contributed by atoms with Crippen LogP contribution in [0, 0.1) is 0 Å². The number of anilines is 1. The second kappa shape index (κ2) is 6.23. The lowest BCUT2D eigenvalue weighted by molar-refractivity contribution is -0.120. The third-order valence-corrected chi connectivity index (χ3v) is 2.74. The second-order valence-electron chi connectivity index (χ2n) is 4.67. The molecule has 0 unspecified atom stereocenters. The van der Waals surface area contributed by atoms with E-state index in [0.29, 0.717) is 17.7 Å². The van der Waals surface area contributed by atoms with Crippen LogP contribution < -0.4 is 4.90 Å². The third kappa shape index (κ3) is 4.70. The molecule has 1 rings (SSSR count). The first-order valence-electron chi connectivity index (χ1n) is 6.21. The van der Waals surface area contributed by atoms with E-state index in [1.165, 1.54) is 11.0 Å². The lowest BCUT2D eigenvalue weighted by Gasteiger charge is -2.29. The van der Waals surface area contributed by atoms with Gasteiger partial charge in [0.1, 0.15) is 12.4 Å². The zero-order valence-electron chi connectivity index (χ0n) is 11.3. The Hall–Kier alpha value is -1.30. The molecule has 3 nitrogen and oxygen atoms in total. The zero-order valence-corrected chi connectivity index (χ0v) is 11.3. The van der Waals surface area contributed by atoms with E-state index in [-0.39, 0.29) is 18.5 Å². The highest BCUT2D eigenvalue weighted by atomic mass is 19.4. The van der Waals surface area contributed by atoms with Crippen LogP contribution in [0.4, 0.5) is 19.0 Å². The van der Waals surface area contributed by atoms with Crippen LogP contribution in [-0.4, -0.2) is 28.9 Å². The van der Waals surface area contributed by atoms with Crippen molar-refractivity contribution in [1.29, 1.82) is 0 Å². The first-order valence-corrected chi connectivity index (χ1v) is 6.21. The summed E-state index contributed by atoms with van der Waals surface area (Å²) in [7, 11) is 0. The van der Waals surface area contributed by atoms with Crippen molar-refractivity contribution in [2.45, 2.75) is 46.0 Å². The Labute approximate surface area is 111 Å². The minimum atomic E-state index is -4.28. The predicted molar refractivity (Wildman–Crippen MR) is 68.1 cm³/mol. The largest absolute Gasteiger partial charge is 0.405 e. The van der Waals surface area contributed by atoms with E-state index in [0.717, 1.165) is 0 Å². The van der Waals surface area contributed by atoms with Gasteiger partial charge in [0.15, 0.2) is 0 Å². The van der Waals surface area contributed by atoms with Gasteiger partial charge in [-0.1, -0.05) is 6.92 Å². The highest BCUT2D eigenvalue weighted by Crippen LogP contribution is 2.24. The Kier molecular flexibility index (Phi) is 5.17. The van der Waals surface area contributed by atoms with Gasteiger partial charge in [-0.3, -0.25) is 0 Å². The Morgan fingerprint density at radius 2 is 1.95 bits per heavy atom. The van der Waals surface area contributed by atoms with E-state index in [9.17, 15) is 13.2 Å². The summed E-state index contributed by atoms with van der Waals surface area (Å²) < 4.78 is 37.8. The van der Waals surface area contributed by atoms with Crippen LogP contribution in [0.1, 0.15) is 32.0 Å². The molecule has 108 valence electrons. The van der Waals surface area contributed by atoms with Crippen molar-refractivity contribution in [3.05, 3.63) is 23.4 Å². The standard InChI is InChI=1S/C13H19F3N2O/c1-4-11-5-10(7-19)6-12(17-11)18(9(2)3)8-13(14,15)16/h5-6,9,19H,4,7-8H2,1-3H3. The maximum atomic E-state index is 12.6. The van der Waals surface area contributed by atoms with Crippen LogP contribution in [-0.2, 0) is 13.0 Å². The molecule has 1 heterocycles. The quantitative estimate of drug-likeness (QED) is 0.898. The fraction of sp³-hybridized carbons (Fsp3) is 0.615. The molecule has 0 aliphatic heterocycles. The first kappa shape index (κ1) is 15.8. The third-order valence-electron chi connectivity index (χ3n) is 2.74. The van der Waals surface area contributed by atoms with Crippen LogP contribution in [0.25, 0.3) is 0 Å². The number of aliphatic hydroxyl groups excluding tert-OH is 1. The second-order valence-corrected chi connectivity index (χ2v) is 4.67. The fourth-order valence-corrected chi connectivity index (χ4v) is 1.77. The maximum absolute atomic E-state index is 12.6. The van der Waals surface area contributed by atoms with E-state index in [1.54, 1.807) is 19.9 Å². The molecule has 0 spiro atoms. The van der Waals surface area contributed by atoms with Crippen molar-refractivity contribution < 1.29 is 18.3 Å². The lowest BCUT2D eigenvalue weighted by Crippen LogP contribution is -2.39. The smallest absolute Gasteiger partial charge is 0.392 e. The van der Waals surface area contributed by atoms with Crippen molar-refractivity contribution >= 4 is 5.82 Å². The number of halogens is 3.